The zero-order valence-electron chi connectivity index (χ0n) is 16.6. The van der Waals surface area contributed by atoms with Gasteiger partial charge in [0.1, 0.15) is 11.4 Å². The number of nitrogens with zero attached hydrogens (tertiary/aromatic N) is 5. The van der Waals surface area contributed by atoms with Crippen LogP contribution in [0.15, 0.2) is 29.7 Å². The first kappa shape index (κ1) is 19.9. The summed E-state index contributed by atoms with van der Waals surface area (Å²) in [6.07, 6.45) is 11.1. The van der Waals surface area contributed by atoms with E-state index in [1.807, 2.05) is 11.9 Å². The van der Waals surface area contributed by atoms with Crippen molar-refractivity contribution in [3.8, 4) is 5.82 Å². The van der Waals surface area contributed by atoms with Crippen LogP contribution in [0.2, 0.25) is 0 Å². The number of nitrogens with one attached hydrogen (secondary N) is 1. The molecular weight excluding hydrogens is 388 g/mol. The highest BCUT2D eigenvalue weighted by Crippen LogP contribution is 2.23. The van der Waals surface area contributed by atoms with Crippen molar-refractivity contribution in [2.24, 2.45) is 0 Å². The fourth-order valence-corrected chi connectivity index (χ4v) is 4.29. The van der Waals surface area contributed by atoms with E-state index in [2.05, 4.69) is 20.4 Å². The fourth-order valence-electron chi connectivity index (χ4n) is 3.50. The van der Waals surface area contributed by atoms with Gasteiger partial charge < -0.3 is 10.2 Å². The maximum atomic E-state index is 12.5. The van der Waals surface area contributed by atoms with Gasteiger partial charge >= 0.3 is 0 Å². The topological polar surface area (TPSA) is 93.0 Å². The summed E-state index contributed by atoms with van der Waals surface area (Å²) < 4.78 is 1.56. The van der Waals surface area contributed by atoms with E-state index in [-0.39, 0.29) is 11.8 Å². The van der Waals surface area contributed by atoms with Crippen LogP contribution in [0, 0.1) is 0 Å². The predicted octanol–water partition coefficient (Wildman–Crippen LogP) is 2.44. The Morgan fingerprint density at radius 2 is 2.00 bits per heavy atom. The van der Waals surface area contributed by atoms with Gasteiger partial charge in [-0.05, 0) is 31.7 Å². The van der Waals surface area contributed by atoms with Crippen molar-refractivity contribution < 1.29 is 9.59 Å². The maximum absolute atomic E-state index is 12.5. The van der Waals surface area contributed by atoms with Crippen LogP contribution < -0.4 is 5.32 Å². The summed E-state index contributed by atoms with van der Waals surface area (Å²) in [5.74, 6) is 0.880. The lowest BCUT2D eigenvalue weighted by Crippen LogP contribution is -2.39. The average molecular weight is 415 g/mol. The molecule has 0 unspecified atom stereocenters. The van der Waals surface area contributed by atoms with Gasteiger partial charge in [0.15, 0.2) is 11.5 Å². The molecule has 4 rings (SSSR count). The number of hydrogen-bond acceptors (Lipinski definition) is 6. The summed E-state index contributed by atoms with van der Waals surface area (Å²) in [5.41, 5.74) is 0.369. The van der Waals surface area contributed by atoms with Crippen molar-refractivity contribution in [2.45, 2.75) is 62.1 Å². The Morgan fingerprint density at radius 1 is 1.21 bits per heavy atom. The zero-order chi connectivity index (χ0) is 20.2. The highest BCUT2D eigenvalue weighted by Gasteiger charge is 2.25. The molecule has 0 saturated heterocycles. The van der Waals surface area contributed by atoms with Gasteiger partial charge in [0.05, 0.1) is 5.75 Å². The van der Waals surface area contributed by atoms with E-state index in [4.69, 9.17) is 0 Å². The van der Waals surface area contributed by atoms with Gasteiger partial charge in [-0.3, -0.25) is 9.59 Å². The highest BCUT2D eigenvalue weighted by atomic mass is 32.2. The van der Waals surface area contributed by atoms with Gasteiger partial charge in [-0.2, -0.15) is 5.10 Å². The van der Waals surface area contributed by atoms with Gasteiger partial charge in [0.25, 0.3) is 5.91 Å². The highest BCUT2D eigenvalue weighted by molar-refractivity contribution is 7.99. The molecule has 9 heteroatoms. The third-order valence-corrected chi connectivity index (χ3v) is 6.37. The number of carbonyl (C=O) groups excluding carboxylic acids is 2. The largest absolute Gasteiger partial charge is 0.348 e. The smallest absolute Gasteiger partial charge is 0.272 e. The molecule has 0 aliphatic heterocycles. The SMILES string of the molecule is CN(C(=O)CSc1cc(-n2ccc(C(=O)NC3CC3)n2)ncn1)C1CCCCC1. The Kier molecular flexibility index (Phi) is 6.13. The second-order valence-electron chi connectivity index (χ2n) is 7.69. The van der Waals surface area contributed by atoms with Crippen molar-refractivity contribution in [1.29, 1.82) is 0 Å². The Morgan fingerprint density at radius 3 is 2.76 bits per heavy atom. The molecule has 29 heavy (non-hydrogen) atoms. The molecule has 2 saturated carbocycles. The summed E-state index contributed by atoms with van der Waals surface area (Å²) in [5, 5.41) is 7.95. The molecule has 0 radical (unpaired) electrons. The van der Waals surface area contributed by atoms with Gasteiger partial charge in [-0.1, -0.05) is 31.0 Å². The summed E-state index contributed by atoms with van der Waals surface area (Å²) >= 11 is 1.40. The first-order chi connectivity index (χ1) is 14.1. The molecule has 2 aromatic rings. The standard InChI is InChI=1S/C20H26N6O2S/c1-25(15-5-3-2-4-6-15)19(27)12-29-18-11-17(21-13-22-18)26-10-9-16(24-26)20(28)23-14-7-8-14/h9-11,13-15H,2-8,12H2,1H3,(H,23,28). The molecule has 2 fully saturated rings. The molecule has 2 aromatic heterocycles. The Hall–Kier alpha value is -2.42. The van der Waals surface area contributed by atoms with Crippen LogP contribution in [0.25, 0.3) is 5.82 Å². The molecule has 8 nitrogen and oxygen atoms in total. The van der Waals surface area contributed by atoms with E-state index in [0.29, 0.717) is 34.4 Å². The van der Waals surface area contributed by atoms with Crippen LogP contribution in [0.5, 0.6) is 0 Å². The third kappa shape index (κ3) is 5.14. The number of thioether (sulfide) groups is 1. The molecule has 2 aliphatic rings. The van der Waals surface area contributed by atoms with Crippen molar-refractivity contribution in [1.82, 2.24) is 30.0 Å². The van der Waals surface area contributed by atoms with Crippen molar-refractivity contribution in [3.05, 3.63) is 30.4 Å². The van der Waals surface area contributed by atoms with Gasteiger partial charge in [-0.15, -0.1) is 0 Å². The summed E-state index contributed by atoms with van der Waals surface area (Å²) in [4.78, 5) is 35.0. The van der Waals surface area contributed by atoms with Crippen LogP contribution >= 0.6 is 11.8 Å². The second-order valence-corrected chi connectivity index (χ2v) is 8.69. The number of rotatable bonds is 7. The normalized spacial score (nSPS) is 17.1. The first-order valence-electron chi connectivity index (χ1n) is 10.2. The number of amides is 2. The molecule has 2 aliphatic carbocycles. The zero-order valence-corrected chi connectivity index (χ0v) is 17.4. The molecule has 0 atom stereocenters. The van der Waals surface area contributed by atoms with Gasteiger partial charge in [0, 0.05) is 31.4 Å². The summed E-state index contributed by atoms with van der Waals surface area (Å²) in [7, 11) is 1.91. The monoisotopic (exact) mass is 414 g/mol. The second kappa shape index (κ2) is 8.94. The number of aromatic nitrogens is 4. The van der Waals surface area contributed by atoms with Crippen molar-refractivity contribution >= 4 is 23.6 Å². The number of carbonyl (C=O) groups is 2. The lowest BCUT2D eigenvalue weighted by atomic mass is 9.94. The maximum Gasteiger partial charge on any atom is 0.272 e. The van der Waals surface area contributed by atoms with E-state index in [1.165, 1.54) is 37.4 Å². The van der Waals surface area contributed by atoms with Crippen LogP contribution in [-0.4, -0.2) is 61.3 Å². The molecule has 0 bridgehead atoms. The predicted molar refractivity (Wildman–Crippen MR) is 110 cm³/mol. The van der Waals surface area contributed by atoms with E-state index in [1.54, 1.807) is 23.0 Å². The third-order valence-electron chi connectivity index (χ3n) is 5.46. The van der Waals surface area contributed by atoms with E-state index in [9.17, 15) is 9.59 Å². The fraction of sp³-hybridized carbons (Fsp3) is 0.550. The molecule has 0 spiro atoms. The first-order valence-corrected chi connectivity index (χ1v) is 11.2. The molecule has 2 heterocycles. The van der Waals surface area contributed by atoms with Gasteiger partial charge in [0.2, 0.25) is 5.91 Å². The molecule has 2 amide bonds. The van der Waals surface area contributed by atoms with Crippen LogP contribution in [0.1, 0.15) is 55.4 Å². The lowest BCUT2D eigenvalue weighted by Gasteiger charge is -2.31. The Labute approximate surface area is 174 Å². The van der Waals surface area contributed by atoms with E-state index < -0.39 is 0 Å². The van der Waals surface area contributed by atoms with E-state index >= 15 is 0 Å². The summed E-state index contributed by atoms with van der Waals surface area (Å²) in [6, 6.07) is 4.12. The minimum absolute atomic E-state index is 0.125. The molecular formula is C20H26N6O2S. The average Bonchev–Trinajstić information content (AvgIpc) is 3.43. The Bertz CT molecular complexity index is 875. The minimum Gasteiger partial charge on any atom is -0.348 e. The molecule has 1 N–H and O–H groups in total. The van der Waals surface area contributed by atoms with Crippen LogP contribution in [-0.2, 0) is 4.79 Å². The van der Waals surface area contributed by atoms with Crippen molar-refractivity contribution in [2.75, 3.05) is 12.8 Å². The molecule has 0 aromatic carbocycles. The van der Waals surface area contributed by atoms with Gasteiger partial charge in [-0.25, -0.2) is 14.6 Å². The lowest BCUT2D eigenvalue weighted by molar-refractivity contribution is -0.129. The van der Waals surface area contributed by atoms with E-state index in [0.717, 1.165) is 25.7 Å². The molecule has 154 valence electrons. The Balaban J connectivity index is 1.35. The number of hydrogen-bond donors (Lipinski definition) is 1. The quantitative estimate of drug-likeness (QED) is 0.553. The summed E-state index contributed by atoms with van der Waals surface area (Å²) in [6.45, 7) is 0. The van der Waals surface area contributed by atoms with Crippen LogP contribution in [0.4, 0.5) is 0 Å². The van der Waals surface area contributed by atoms with Crippen molar-refractivity contribution in [3.63, 3.8) is 0 Å². The van der Waals surface area contributed by atoms with Crippen LogP contribution in [0.3, 0.4) is 0 Å². The minimum atomic E-state index is -0.161.